The molecular formula is C25H29N7O. The first-order valence-electron chi connectivity index (χ1n) is 11.3. The predicted molar refractivity (Wildman–Crippen MR) is 128 cm³/mol. The maximum atomic E-state index is 13.1. The molecular weight excluding hydrogens is 414 g/mol. The second-order valence-corrected chi connectivity index (χ2v) is 8.85. The van der Waals surface area contributed by atoms with E-state index in [4.69, 9.17) is 5.10 Å². The Labute approximate surface area is 193 Å². The van der Waals surface area contributed by atoms with Gasteiger partial charge in [-0.25, -0.2) is 9.67 Å². The lowest BCUT2D eigenvalue weighted by Gasteiger charge is -2.34. The Morgan fingerprint density at radius 3 is 2.64 bits per heavy atom. The number of nitrogens with zero attached hydrogens (tertiary/aromatic N) is 7. The van der Waals surface area contributed by atoms with Gasteiger partial charge in [-0.05, 0) is 31.0 Å². The molecule has 0 aliphatic carbocycles. The molecule has 1 fully saturated rings. The van der Waals surface area contributed by atoms with Crippen LogP contribution in [0.5, 0.6) is 0 Å². The monoisotopic (exact) mass is 443 g/mol. The third-order valence-electron chi connectivity index (χ3n) is 6.31. The molecule has 1 amide bonds. The van der Waals surface area contributed by atoms with E-state index in [9.17, 15) is 4.79 Å². The minimum Gasteiger partial charge on any atom is -0.339 e. The van der Waals surface area contributed by atoms with E-state index < -0.39 is 0 Å². The number of piperazine rings is 1. The lowest BCUT2D eigenvalue weighted by atomic mass is 10.0. The van der Waals surface area contributed by atoms with Crippen molar-refractivity contribution in [3.8, 4) is 11.1 Å². The second kappa shape index (κ2) is 8.78. The van der Waals surface area contributed by atoms with Gasteiger partial charge < -0.3 is 4.90 Å². The molecule has 0 N–H and O–H groups in total. The Hall–Kier alpha value is -3.52. The van der Waals surface area contributed by atoms with E-state index in [1.54, 1.807) is 10.9 Å². The fourth-order valence-electron chi connectivity index (χ4n) is 4.64. The van der Waals surface area contributed by atoms with E-state index in [2.05, 4.69) is 46.2 Å². The van der Waals surface area contributed by atoms with Crippen LogP contribution in [0.2, 0.25) is 0 Å². The van der Waals surface area contributed by atoms with Gasteiger partial charge in [0, 0.05) is 63.1 Å². The van der Waals surface area contributed by atoms with E-state index in [0.717, 1.165) is 60.6 Å². The van der Waals surface area contributed by atoms with Crippen molar-refractivity contribution in [2.24, 2.45) is 7.05 Å². The SMILES string of the molecule is Cc1cccc(-c2ccnc3c2c(C)nn3CC(=O)N2CCN(Cc3cnn(C)c3)CC2)c1. The van der Waals surface area contributed by atoms with Gasteiger partial charge in [-0.2, -0.15) is 10.2 Å². The summed E-state index contributed by atoms with van der Waals surface area (Å²) in [4.78, 5) is 22.0. The van der Waals surface area contributed by atoms with Crippen molar-refractivity contribution >= 4 is 16.9 Å². The van der Waals surface area contributed by atoms with Crippen molar-refractivity contribution in [1.82, 2.24) is 34.3 Å². The van der Waals surface area contributed by atoms with Crippen LogP contribution in [0.15, 0.2) is 48.9 Å². The lowest BCUT2D eigenvalue weighted by molar-refractivity contribution is -0.133. The number of rotatable bonds is 5. The Kier molecular flexibility index (Phi) is 5.68. The highest BCUT2D eigenvalue weighted by Gasteiger charge is 2.23. The molecule has 4 aromatic rings. The quantitative estimate of drug-likeness (QED) is 0.474. The van der Waals surface area contributed by atoms with Crippen molar-refractivity contribution in [2.75, 3.05) is 26.2 Å². The summed E-state index contributed by atoms with van der Waals surface area (Å²) in [6.07, 6.45) is 5.75. The topological polar surface area (TPSA) is 72.1 Å². The normalized spacial score (nSPS) is 14.8. The Morgan fingerprint density at radius 1 is 1.09 bits per heavy atom. The van der Waals surface area contributed by atoms with Crippen LogP contribution in [-0.2, 0) is 24.9 Å². The van der Waals surface area contributed by atoms with Crippen LogP contribution in [-0.4, -0.2) is 66.4 Å². The highest BCUT2D eigenvalue weighted by Crippen LogP contribution is 2.30. The molecule has 1 aliphatic heterocycles. The van der Waals surface area contributed by atoms with Crippen molar-refractivity contribution in [3.63, 3.8) is 0 Å². The number of pyridine rings is 1. The lowest BCUT2D eigenvalue weighted by Crippen LogP contribution is -2.49. The highest BCUT2D eigenvalue weighted by molar-refractivity contribution is 5.95. The molecule has 8 heteroatoms. The van der Waals surface area contributed by atoms with Crippen LogP contribution in [0.25, 0.3) is 22.2 Å². The largest absolute Gasteiger partial charge is 0.339 e. The average Bonchev–Trinajstić information content (AvgIpc) is 3.36. The molecule has 1 aliphatic rings. The molecule has 1 aromatic carbocycles. The molecule has 0 unspecified atom stereocenters. The second-order valence-electron chi connectivity index (χ2n) is 8.85. The number of fused-ring (bicyclic) bond motifs is 1. The van der Waals surface area contributed by atoms with Crippen LogP contribution in [0.3, 0.4) is 0 Å². The predicted octanol–water partition coefficient (Wildman–Crippen LogP) is 2.79. The zero-order valence-electron chi connectivity index (χ0n) is 19.4. The van der Waals surface area contributed by atoms with Gasteiger partial charge in [-0.1, -0.05) is 29.8 Å². The summed E-state index contributed by atoms with van der Waals surface area (Å²) in [6, 6.07) is 10.5. The van der Waals surface area contributed by atoms with Crippen LogP contribution in [0.1, 0.15) is 16.8 Å². The highest BCUT2D eigenvalue weighted by atomic mass is 16.2. The molecule has 0 bridgehead atoms. The van der Waals surface area contributed by atoms with Gasteiger partial charge in [0.15, 0.2) is 5.65 Å². The average molecular weight is 444 g/mol. The zero-order valence-corrected chi connectivity index (χ0v) is 19.4. The molecule has 0 atom stereocenters. The first-order valence-corrected chi connectivity index (χ1v) is 11.3. The number of hydrogen-bond acceptors (Lipinski definition) is 5. The minimum absolute atomic E-state index is 0.0863. The van der Waals surface area contributed by atoms with Crippen molar-refractivity contribution in [3.05, 3.63) is 65.7 Å². The van der Waals surface area contributed by atoms with Gasteiger partial charge in [0.2, 0.25) is 5.91 Å². The molecule has 170 valence electrons. The molecule has 3 aromatic heterocycles. The van der Waals surface area contributed by atoms with E-state index >= 15 is 0 Å². The summed E-state index contributed by atoms with van der Waals surface area (Å²) >= 11 is 0. The standard InChI is InChI=1S/C25H29N7O/c1-18-5-4-6-21(13-18)22-7-8-26-25-24(22)19(2)28-32(25)17-23(33)31-11-9-30(10-12-31)16-20-14-27-29(3)15-20/h4-8,13-15H,9-12,16-17H2,1-3H3. The Balaban J connectivity index is 1.30. The zero-order chi connectivity index (χ0) is 22.9. The van der Waals surface area contributed by atoms with Gasteiger partial charge in [-0.15, -0.1) is 0 Å². The molecule has 4 heterocycles. The Bertz CT molecular complexity index is 1300. The number of benzene rings is 1. The van der Waals surface area contributed by atoms with E-state index in [-0.39, 0.29) is 12.5 Å². The third kappa shape index (κ3) is 4.39. The number of aromatic nitrogens is 5. The maximum Gasteiger partial charge on any atom is 0.244 e. The molecule has 5 rings (SSSR count). The van der Waals surface area contributed by atoms with E-state index in [1.165, 1.54) is 11.1 Å². The van der Waals surface area contributed by atoms with Gasteiger partial charge in [-0.3, -0.25) is 14.4 Å². The first kappa shape index (κ1) is 21.3. The molecule has 0 saturated carbocycles. The van der Waals surface area contributed by atoms with Gasteiger partial charge >= 0.3 is 0 Å². The fraction of sp³-hybridized carbons (Fsp3) is 0.360. The van der Waals surface area contributed by atoms with E-state index in [0.29, 0.717) is 0 Å². The number of aryl methyl sites for hydroxylation is 3. The summed E-state index contributed by atoms with van der Waals surface area (Å²) in [5.74, 6) is 0.0863. The van der Waals surface area contributed by atoms with Gasteiger partial charge in [0.1, 0.15) is 6.54 Å². The summed E-state index contributed by atoms with van der Waals surface area (Å²) < 4.78 is 3.58. The van der Waals surface area contributed by atoms with Crippen molar-refractivity contribution < 1.29 is 4.79 Å². The molecule has 0 radical (unpaired) electrons. The maximum absolute atomic E-state index is 13.1. The van der Waals surface area contributed by atoms with Gasteiger partial charge in [0.05, 0.1) is 11.9 Å². The van der Waals surface area contributed by atoms with Gasteiger partial charge in [0.25, 0.3) is 0 Å². The Morgan fingerprint density at radius 2 is 1.91 bits per heavy atom. The first-order chi connectivity index (χ1) is 16.0. The molecule has 0 spiro atoms. The number of amides is 1. The summed E-state index contributed by atoms with van der Waals surface area (Å²) in [5, 5.41) is 9.94. The van der Waals surface area contributed by atoms with Crippen LogP contribution in [0.4, 0.5) is 0 Å². The van der Waals surface area contributed by atoms with Crippen molar-refractivity contribution in [1.29, 1.82) is 0 Å². The summed E-state index contributed by atoms with van der Waals surface area (Å²) in [7, 11) is 1.93. The van der Waals surface area contributed by atoms with Crippen LogP contribution >= 0.6 is 0 Å². The van der Waals surface area contributed by atoms with E-state index in [1.807, 2.05) is 42.0 Å². The van der Waals surface area contributed by atoms with Crippen LogP contribution < -0.4 is 0 Å². The number of carbonyl (C=O) groups excluding carboxylic acids is 1. The van der Waals surface area contributed by atoms with Crippen LogP contribution in [0, 0.1) is 13.8 Å². The fourth-order valence-corrected chi connectivity index (χ4v) is 4.64. The summed E-state index contributed by atoms with van der Waals surface area (Å²) in [6.45, 7) is 8.31. The number of carbonyl (C=O) groups is 1. The minimum atomic E-state index is 0.0863. The number of hydrogen-bond donors (Lipinski definition) is 0. The molecule has 33 heavy (non-hydrogen) atoms. The smallest absolute Gasteiger partial charge is 0.244 e. The van der Waals surface area contributed by atoms with Crippen molar-refractivity contribution in [2.45, 2.75) is 26.9 Å². The molecule has 8 nitrogen and oxygen atoms in total. The summed E-state index contributed by atoms with van der Waals surface area (Å²) in [5.41, 5.74) is 6.30. The third-order valence-corrected chi connectivity index (χ3v) is 6.31. The molecule has 1 saturated heterocycles.